The van der Waals surface area contributed by atoms with Gasteiger partial charge in [-0.1, -0.05) is 30.3 Å². The Labute approximate surface area is 114 Å². The van der Waals surface area contributed by atoms with E-state index in [9.17, 15) is 0 Å². The molecule has 0 radical (unpaired) electrons. The number of rotatable bonds is 3. The van der Waals surface area contributed by atoms with Crippen molar-refractivity contribution in [3.05, 3.63) is 58.2 Å². The summed E-state index contributed by atoms with van der Waals surface area (Å²) in [6.45, 7) is 0.828. The first-order chi connectivity index (χ1) is 9.58. The molecule has 1 aliphatic heterocycles. The molecule has 1 aliphatic rings. The molecule has 0 fully saturated rings. The number of nitrogens with two attached hydrogens (primary N) is 1. The van der Waals surface area contributed by atoms with Gasteiger partial charge in [-0.2, -0.15) is 4.99 Å². The average molecular weight is 282 g/mol. The van der Waals surface area contributed by atoms with E-state index in [1.54, 1.807) is 0 Å². The van der Waals surface area contributed by atoms with Gasteiger partial charge in [0.05, 0.1) is 0 Å². The van der Waals surface area contributed by atoms with Crippen molar-refractivity contribution < 1.29 is 19.8 Å². The summed E-state index contributed by atoms with van der Waals surface area (Å²) in [5, 5.41) is 16.6. The summed E-state index contributed by atoms with van der Waals surface area (Å²) in [6, 6.07) is 9.93. The SMILES string of the molecule is NC(=NC1=COCO1)NCc1ccccc1.O=[N+]([O-])O. The number of benzene rings is 1. The van der Waals surface area contributed by atoms with Crippen molar-refractivity contribution in [2.45, 2.75) is 6.54 Å². The molecule has 0 aromatic heterocycles. The lowest BCUT2D eigenvalue weighted by Gasteiger charge is -2.04. The van der Waals surface area contributed by atoms with Crippen LogP contribution in [-0.4, -0.2) is 23.0 Å². The molecule has 4 N–H and O–H groups in total. The second-order valence-corrected chi connectivity index (χ2v) is 3.46. The average Bonchev–Trinajstić information content (AvgIpc) is 2.90. The molecule has 0 amide bonds. The van der Waals surface area contributed by atoms with Crippen LogP contribution in [0.25, 0.3) is 0 Å². The van der Waals surface area contributed by atoms with Crippen LogP contribution in [0.4, 0.5) is 0 Å². The molecule has 108 valence electrons. The Balaban J connectivity index is 0.000000444. The Morgan fingerprint density at radius 2 is 2.15 bits per heavy atom. The highest BCUT2D eigenvalue weighted by Gasteiger charge is 2.04. The molecule has 0 aliphatic carbocycles. The molecule has 1 aromatic rings. The van der Waals surface area contributed by atoms with Gasteiger partial charge >= 0.3 is 0 Å². The van der Waals surface area contributed by atoms with Crippen LogP contribution in [0.2, 0.25) is 0 Å². The molecule has 9 heteroatoms. The zero-order chi connectivity index (χ0) is 14.8. The largest absolute Gasteiger partial charge is 0.459 e. The molecule has 1 aromatic carbocycles. The minimum atomic E-state index is -1.50. The Morgan fingerprint density at radius 3 is 2.70 bits per heavy atom. The van der Waals surface area contributed by atoms with Crippen LogP contribution in [0.3, 0.4) is 0 Å². The lowest BCUT2D eigenvalue weighted by atomic mass is 10.2. The van der Waals surface area contributed by atoms with Gasteiger partial charge in [-0.15, -0.1) is 10.1 Å². The minimum Gasteiger partial charge on any atom is -0.459 e. The Kier molecular flexibility index (Phi) is 6.18. The monoisotopic (exact) mass is 282 g/mol. The third-order valence-corrected chi connectivity index (χ3v) is 2.01. The Hall–Kier alpha value is -2.97. The fraction of sp³-hybridized carbons (Fsp3) is 0.182. The predicted molar refractivity (Wildman–Crippen MR) is 68.8 cm³/mol. The first-order valence-corrected chi connectivity index (χ1v) is 5.47. The summed E-state index contributed by atoms with van der Waals surface area (Å²) in [6.07, 6.45) is 1.43. The lowest BCUT2D eigenvalue weighted by Crippen LogP contribution is -2.31. The fourth-order valence-corrected chi connectivity index (χ4v) is 1.24. The first-order valence-electron chi connectivity index (χ1n) is 5.47. The standard InChI is InChI=1S/C11H13N3O2.HNO3/c12-11(14-10-7-15-8-16-10)13-6-9-4-2-1-3-5-9;2-1(3)4/h1-5,7H,6,8H2,(H3,12,13,14);(H,2,3,4). The zero-order valence-corrected chi connectivity index (χ0v) is 10.4. The van der Waals surface area contributed by atoms with Gasteiger partial charge in [0.1, 0.15) is 6.26 Å². The van der Waals surface area contributed by atoms with Gasteiger partial charge in [0.25, 0.3) is 11.0 Å². The maximum atomic E-state index is 8.36. The lowest BCUT2D eigenvalue weighted by molar-refractivity contribution is -0.742. The number of aliphatic imine (C=N–C) groups is 1. The van der Waals surface area contributed by atoms with Crippen molar-refractivity contribution >= 4 is 5.96 Å². The number of nitrogens with one attached hydrogen (secondary N) is 1. The van der Waals surface area contributed by atoms with Crippen LogP contribution >= 0.6 is 0 Å². The molecule has 0 bridgehead atoms. The Morgan fingerprint density at radius 1 is 1.50 bits per heavy atom. The van der Waals surface area contributed by atoms with E-state index in [-0.39, 0.29) is 6.79 Å². The van der Waals surface area contributed by atoms with Crippen LogP contribution < -0.4 is 11.1 Å². The third-order valence-electron chi connectivity index (χ3n) is 2.01. The van der Waals surface area contributed by atoms with E-state index < -0.39 is 5.09 Å². The summed E-state index contributed by atoms with van der Waals surface area (Å²) in [5.74, 6) is 0.693. The second-order valence-electron chi connectivity index (χ2n) is 3.46. The molecular weight excluding hydrogens is 268 g/mol. The van der Waals surface area contributed by atoms with E-state index in [0.29, 0.717) is 18.4 Å². The quantitative estimate of drug-likeness (QED) is 0.319. The normalized spacial score (nSPS) is 13.2. The molecule has 0 atom stereocenters. The van der Waals surface area contributed by atoms with E-state index in [1.807, 2.05) is 30.3 Å². The van der Waals surface area contributed by atoms with Crippen LogP contribution in [-0.2, 0) is 16.0 Å². The Bertz CT molecular complexity index is 485. The van der Waals surface area contributed by atoms with Crippen molar-refractivity contribution in [2.24, 2.45) is 10.7 Å². The third kappa shape index (κ3) is 6.69. The van der Waals surface area contributed by atoms with Gasteiger partial charge < -0.3 is 25.7 Å². The van der Waals surface area contributed by atoms with Gasteiger partial charge in [0.15, 0.2) is 5.96 Å². The molecule has 20 heavy (non-hydrogen) atoms. The molecular formula is C11H14N4O5. The number of ether oxygens (including phenoxy) is 2. The summed E-state index contributed by atoms with van der Waals surface area (Å²) in [5.41, 5.74) is 6.80. The van der Waals surface area contributed by atoms with Gasteiger partial charge in [-0.05, 0) is 5.56 Å². The minimum absolute atomic E-state index is 0.199. The van der Waals surface area contributed by atoms with Gasteiger partial charge in [-0.3, -0.25) is 0 Å². The van der Waals surface area contributed by atoms with Crippen molar-refractivity contribution in [1.29, 1.82) is 0 Å². The maximum absolute atomic E-state index is 8.36. The second kappa shape index (κ2) is 8.19. The summed E-state index contributed by atoms with van der Waals surface area (Å²) >= 11 is 0. The van der Waals surface area contributed by atoms with Crippen LogP contribution in [0.1, 0.15) is 5.56 Å². The highest BCUT2D eigenvalue weighted by atomic mass is 16.9. The first kappa shape index (κ1) is 15.1. The van der Waals surface area contributed by atoms with Crippen LogP contribution in [0.5, 0.6) is 0 Å². The van der Waals surface area contributed by atoms with Gasteiger partial charge in [-0.25, -0.2) is 0 Å². The smallest absolute Gasteiger partial charge is 0.291 e. The van der Waals surface area contributed by atoms with E-state index in [0.717, 1.165) is 5.56 Å². The summed E-state index contributed by atoms with van der Waals surface area (Å²) in [7, 11) is 0. The molecule has 0 saturated carbocycles. The number of hydrogen-bond acceptors (Lipinski definition) is 5. The summed E-state index contributed by atoms with van der Waals surface area (Å²) < 4.78 is 9.85. The van der Waals surface area contributed by atoms with Crippen molar-refractivity contribution in [1.82, 2.24) is 5.32 Å². The molecule has 1 heterocycles. The summed E-state index contributed by atoms with van der Waals surface area (Å²) in [4.78, 5) is 12.3. The number of nitrogens with zero attached hydrogens (tertiary/aromatic N) is 2. The highest BCUT2D eigenvalue weighted by Crippen LogP contribution is 2.06. The van der Waals surface area contributed by atoms with Gasteiger partial charge in [0.2, 0.25) is 6.79 Å². The molecule has 0 spiro atoms. The molecule has 0 saturated heterocycles. The predicted octanol–water partition coefficient (Wildman–Crippen LogP) is 0.546. The van der Waals surface area contributed by atoms with Crippen molar-refractivity contribution in [3.8, 4) is 0 Å². The van der Waals surface area contributed by atoms with Crippen molar-refractivity contribution in [2.75, 3.05) is 6.79 Å². The van der Waals surface area contributed by atoms with Crippen molar-refractivity contribution in [3.63, 3.8) is 0 Å². The van der Waals surface area contributed by atoms with Gasteiger partial charge in [0, 0.05) is 6.54 Å². The molecule has 0 unspecified atom stereocenters. The van der Waals surface area contributed by atoms with E-state index in [4.69, 9.17) is 30.5 Å². The zero-order valence-electron chi connectivity index (χ0n) is 10.4. The van der Waals surface area contributed by atoms with Crippen LogP contribution in [0.15, 0.2) is 47.5 Å². The number of guanidine groups is 1. The highest BCUT2D eigenvalue weighted by molar-refractivity contribution is 5.78. The van der Waals surface area contributed by atoms with E-state index in [1.165, 1.54) is 6.26 Å². The molecule has 2 rings (SSSR count). The molecule has 9 nitrogen and oxygen atoms in total. The number of hydrogen-bond donors (Lipinski definition) is 3. The fourth-order valence-electron chi connectivity index (χ4n) is 1.24. The van der Waals surface area contributed by atoms with Crippen LogP contribution in [0, 0.1) is 10.1 Å². The maximum Gasteiger partial charge on any atom is 0.291 e. The topological polar surface area (TPSA) is 132 Å². The van der Waals surface area contributed by atoms with E-state index >= 15 is 0 Å². The van der Waals surface area contributed by atoms with E-state index in [2.05, 4.69) is 10.3 Å².